The summed E-state index contributed by atoms with van der Waals surface area (Å²) >= 11 is 0. The molecule has 0 bridgehead atoms. The maximum absolute atomic E-state index is 9.00. The van der Waals surface area contributed by atoms with Gasteiger partial charge in [0.15, 0.2) is 0 Å². The maximum atomic E-state index is 9.00. The molecule has 0 aromatic heterocycles. The fourth-order valence-electron chi connectivity index (χ4n) is 0. The Morgan fingerprint density at radius 3 is 1.00 bits per heavy atom. The zero-order valence-corrected chi connectivity index (χ0v) is 8.39. The summed E-state index contributed by atoms with van der Waals surface area (Å²) in [7, 11) is 0. The summed E-state index contributed by atoms with van der Waals surface area (Å²) in [5.41, 5.74) is 0. The first-order valence-corrected chi connectivity index (χ1v) is 1.86. The molecule has 4 nitrogen and oxygen atoms in total. The van der Waals surface area contributed by atoms with Gasteiger partial charge >= 0.3 is 48.9 Å². The SMILES string of the molecule is CC(=O)O.CC(=O)O.[BaH2].[Zn]. The van der Waals surface area contributed by atoms with E-state index in [2.05, 4.69) is 0 Å². The molecule has 0 aliphatic carbocycles. The predicted octanol–water partition coefficient (Wildman–Crippen LogP) is -0.737. The van der Waals surface area contributed by atoms with Crippen molar-refractivity contribution in [2.45, 2.75) is 13.8 Å². The Kier molecular flexibility index (Phi) is 37.3. The Labute approximate surface area is 112 Å². The van der Waals surface area contributed by atoms with E-state index in [-0.39, 0.29) is 68.4 Å². The van der Waals surface area contributed by atoms with Gasteiger partial charge in [0.05, 0.1) is 0 Å². The number of carbonyl (C=O) groups is 2. The van der Waals surface area contributed by atoms with E-state index in [9.17, 15) is 0 Å². The van der Waals surface area contributed by atoms with Gasteiger partial charge in [-0.2, -0.15) is 0 Å². The van der Waals surface area contributed by atoms with Crippen LogP contribution in [0.25, 0.3) is 0 Å². The summed E-state index contributed by atoms with van der Waals surface area (Å²) in [6.45, 7) is 2.17. The number of rotatable bonds is 0. The average molecular weight is 325 g/mol. The van der Waals surface area contributed by atoms with Gasteiger partial charge in [-0.3, -0.25) is 9.59 Å². The van der Waals surface area contributed by atoms with Gasteiger partial charge in [0, 0.05) is 33.3 Å². The minimum atomic E-state index is -0.833. The predicted molar refractivity (Wildman–Crippen MR) is 35.2 cm³/mol. The van der Waals surface area contributed by atoms with Gasteiger partial charge in [0.1, 0.15) is 0 Å². The molecule has 0 aromatic rings. The molecule has 0 atom stereocenters. The van der Waals surface area contributed by atoms with Crippen molar-refractivity contribution in [2.75, 3.05) is 0 Å². The van der Waals surface area contributed by atoms with Crippen molar-refractivity contribution in [3.63, 3.8) is 0 Å². The van der Waals surface area contributed by atoms with Gasteiger partial charge < -0.3 is 10.2 Å². The Balaban J connectivity index is -0.0000000300. The normalized spacial score (nSPS) is 5.00. The minimum absolute atomic E-state index is 0. The van der Waals surface area contributed by atoms with Crippen LogP contribution < -0.4 is 0 Å². The molecule has 0 saturated carbocycles. The van der Waals surface area contributed by atoms with Crippen molar-refractivity contribution in [3.8, 4) is 0 Å². The van der Waals surface area contributed by atoms with Crippen molar-refractivity contribution < 1.29 is 39.3 Å². The van der Waals surface area contributed by atoms with Gasteiger partial charge in [-0.05, 0) is 0 Å². The van der Waals surface area contributed by atoms with Crippen LogP contribution in [0.3, 0.4) is 0 Å². The average Bonchev–Trinajstić information content (AvgIpc) is 1.25. The van der Waals surface area contributed by atoms with Crippen molar-refractivity contribution in [3.05, 3.63) is 0 Å². The van der Waals surface area contributed by atoms with Gasteiger partial charge in [0.2, 0.25) is 0 Å². The molecule has 6 heteroatoms. The van der Waals surface area contributed by atoms with Gasteiger partial charge in [0.25, 0.3) is 11.9 Å². The van der Waals surface area contributed by atoms with E-state index in [1.54, 1.807) is 0 Å². The molecule has 0 spiro atoms. The number of aliphatic carboxylic acids is 2. The Bertz CT molecular complexity index is 75.3. The summed E-state index contributed by atoms with van der Waals surface area (Å²) < 4.78 is 0. The third kappa shape index (κ3) is 469. The molecule has 0 unspecified atom stereocenters. The van der Waals surface area contributed by atoms with Crippen molar-refractivity contribution in [2.24, 2.45) is 0 Å². The summed E-state index contributed by atoms with van der Waals surface area (Å²) in [5.74, 6) is -1.67. The zero-order valence-electron chi connectivity index (χ0n) is 5.42. The second-order valence-corrected chi connectivity index (χ2v) is 1.04. The Hall–Kier alpha value is 1.13. The molecular weight excluding hydrogens is 315 g/mol. The summed E-state index contributed by atoms with van der Waals surface area (Å²) in [5, 5.41) is 14.8. The standard InChI is InChI=1S/2C2H4O2.Ba.Zn.2H/c2*1-2(3)4;;;;/h2*1H3,(H,3,4);;;;. The second-order valence-electron chi connectivity index (χ2n) is 1.04. The number of carboxylic acid groups (broad SMARTS) is 2. The van der Waals surface area contributed by atoms with Crippen molar-refractivity contribution in [1.29, 1.82) is 0 Å². The summed E-state index contributed by atoms with van der Waals surface area (Å²) in [6.07, 6.45) is 0. The van der Waals surface area contributed by atoms with E-state index in [4.69, 9.17) is 19.8 Å². The monoisotopic (exact) mass is 324 g/mol. The van der Waals surface area contributed by atoms with Crippen molar-refractivity contribution in [1.82, 2.24) is 0 Å². The van der Waals surface area contributed by atoms with E-state index >= 15 is 0 Å². The quantitative estimate of drug-likeness (QED) is 0.576. The molecule has 0 aliphatic rings. The molecular formula is C4H10BaO4Zn. The van der Waals surface area contributed by atoms with E-state index in [0.717, 1.165) is 13.8 Å². The van der Waals surface area contributed by atoms with Crippen LogP contribution in [0.15, 0.2) is 0 Å². The van der Waals surface area contributed by atoms with Crippen LogP contribution in [-0.4, -0.2) is 71.0 Å². The first-order chi connectivity index (χ1) is 3.46. The molecule has 0 saturated heterocycles. The molecule has 0 heterocycles. The van der Waals surface area contributed by atoms with Gasteiger partial charge in [-0.1, -0.05) is 0 Å². The molecule has 0 aromatic carbocycles. The van der Waals surface area contributed by atoms with Crippen LogP contribution in [0.1, 0.15) is 13.8 Å². The molecule has 0 amide bonds. The first kappa shape index (κ1) is 22.5. The third-order valence-corrected chi connectivity index (χ3v) is 0. The van der Waals surface area contributed by atoms with Crippen LogP contribution in [0.2, 0.25) is 0 Å². The largest absolute Gasteiger partial charge is 0 e. The molecule has 54 valence electrons. The number of hydrogen-bond acceptors (Lipinski definition) is 2. The molecule has 0 radical (unpaired) electrons. The maximum Gasteiger partial charge on any atom is 0 e. The Morgan fingerprint density at radius 1 is 1.00 bits per heavy atom. The van der Waals surface area contributed by atoms with E-state index < -0.39 is 11.9 Å². The second kappa shape index (κ2) is 16.6. The smallest absolute Gasteiger partial charge is 0 e. The van der Waals surface area contributed by atoms with Gasteiger partial charge in [-0.25, -0.2) is 0 Å². The topological polar surface area (TPSA) is 74.6 Å². The van der Waals surface area contributed by atoms with E-state index in [1.165, 1.54) is 0 Å². The van der Waals surface area contributed by atoms with E-state index in [0.29, 0.717) is 0 Å². The Morgan fingerprint density at radius 2 is 1.00 bits per heavy atom. The summed E-state index contributed by atoms with van der Waals surface area (Å²) in [6, 6.07) is 0. The fraction of sp³-hybridized carbons (Fsp3) is 0.500. The van der Waals surface area contributed by atoms with E-state index in [1.807, 2.05) is 0 Å². The number of hydrogen-bond donors (Lipinski definition) is 2. The molecule has 0 fully saturated rings. The molecule has 0 rings (SSSR count). The van der Waals surface area contributed by atoms with Crippen LogP contribution in [0, 0.1) is 0 Å². The van der Waals surface area contributed by atoms with Crippen LogP contribution >= 0.6 is 0 Å². The fourth-order valence-corrected chi connectivity index (χ4v) is 0. The first-order valence-electron chi connectivity index (χ1n) is 1.86. The molecule has 0 aliphatic heterocycles. The van der Waals surface area contributed by atoms with Crippen LogP contribution in [-0.2, 0) is 29.1 Å². The third-order valence-electron chi connectivity index (χ3n) is 0. The van der Waals surface area contributed by atoms with Crippen LogP contribution in [0.5, 0.6) is 0 Å². The van der Waals surface area contributed by atoms with Crippen molar-refractivity contribution >= 4 is 60.8 Å². The number of carboxylic acids is 2. The van der Waals surface area contributed by atoms with Crippen LogP contribution in [0.4, 0.5) is 0 Å². The molecule has 10 heavy (non-hydrogen) atoms. The summed E-state index contributed by atoms with van der Waals surface area (Å²) in [4.78, 5) is 18.0. The van der Waals surface area contributed by atoms with Gasteiger partial charge in [-0.15, -0.1) is 0 Å². The minimum Gasteiger partial charge on any atom is 0 e. The molecule has 2 N–H and O–H groups in total. The zero-order chi connectivity index (χ0) is 7.15.